The van der Waals surface area contributed by atoms with Crippen LogP contribution in [-0.4, -0.2) is 25.7 Å². The van der Waals surface area contributed by atoms with Gasteiger partial charge in [0, 0.05) is 12.1 Å². The highest BCUT2D eigenvalue weighted by molar-refractivity contribution is 6.06. The third-order valence-corrected chi connectivity index (χ3v) is 5.57. The molecular formula is C22H22FNO3. The maximum atomic E-state index is 13.5. The Morgan fingerprint density at radius 3 is 2.59 bits per heavy atom. The standard InChI is InChI=1S/C22H22FNO3/c23-18-4-1-3-16(12-18)11-17-7-8-20-19(13-17)22(26-9-2-10-27-22)21(25)24(20)14-15-5-6-15/h1,3-4,7-8,12-13,15H,2,5-6,9-11,14H2. The Morgan fingerprint density at radius 2 is 1.85 bits per heavy atom. The molecule has 1 aliphatic carbocycles. The lowest BCUT2D eigenvalue weighted by Crippen LogP contribution is -2.47. The van der Waals surface area contributed by atoms with Crippen molar-refractivity contribution in [3.05, 3.63) is 65.0 Å². The van der Waals surface area contributed by atoms with Crippen LogP contribution < -0.4 is 4.90 Å². The lowest BCUT2D eigenvalue weighted by Gasteiger charge is -2.32. The molecule has 0 N–H and O–H groups in total. The Morgan fingerprint density at radius 1 is 1.07 bits per heavy atom. The van der Waals surface area contributed by atoms with Crippen LogP contribution in [0.25, 0.3) is 0 Å². The number of rotatable bonds is 4. The fourth-order valence-corrected chi connectivity index (χ4v) is 4.03. The topological polar surface area (TPSA) is 38.8 Å². The van der Waals surface area contributed by atoms with Gasteiger partial charge >= 0.3 is 0 Å². The van der Waals surface area contributed by atoms with Gasteiger partial charge in [-0.15, -0.1) is 0 Å². The highest BCUT2D eigenvalue weighted by atomic mass is 19.1. The van der Waals surface area contributed by atoms with Gasteiger partial charge in [-0.25, -0.2) is 4.39 Å². The number of hydrogen-bond donors (Lipinski definition) is 0. The Bertz CT molecular complexity index is 887. The zero-order valence-corrected chi connectivity index (χ0v) is 15.1. The molecular weight excluding hydrogens is 345 g/mol. The first-order chi connectivity index (χ1) is 13.2. The van der Waals surface area contributed by atoms with E-state index >= 15 is 0 Å². The van der Waals surface area contributed by atoms with Crippen molar-refractivity contribution in [2.24, 2.45) is 5.92 Å². The molecule has 1 spiro atoms. The Hall–Kier alpha value is -2.24. The van der Waals surface area contributed by atoms with Crippen LogP contribution in [0.1, 0.15) is 36.0 Å². The number of fused-ring (bicyclic) bond motifs is 2. The van der Waals surface area contributed by atoms with Gasteiger partial charge in [-0.1, -0.05) is 18.2 Å². The van der Waals surface area contributed by atoms with Crippen LogP contribution in [0.15, 0.2) is 42.5 Å². The first-order valence-corrected chi connectivity index (χ1v) is 9.63. The number of halogens is 1. The molecule has 5 rings (SSSR count). The summed E-state index contributed by atoms with van der Waals surface area (Å²) in [5.41, 5.74) is 3.59. The summed E-state index contributed by atoms with van der Waals surface area (Å²) in [6, 6.07) is 12.6. The molecule has 0 bridgehead atoms. The fraction of sp³-hybridized carbons (Fsp3) is 0.409. The van der Waals surface area contributed by atoms with Gasteiger partial charge in [0.1, 0.15) is 5.82 Å². The van der Waals surface area contributed by atoms with Crippen molar-refractivity contribution >= 4 is 11.6 Å². The Balaban J connectivity index is 1.53. The molecule has 2 fully saturated rings. The number of anilines is 1. The maximum absolute atomic E-state index is 13.5. The highest BCUT2D eigenvalue weighted by Gasteiger charge is 2.55. The highest BCUT2D eigenvalue weighted by Crippen LogP contribution is 2.47. The van der Waals surface area contributed by atoms with E-state index in [0.29, 0.717) is 25.6 Å². The summed E-state index contributed by atoms with van der Waals surface area (Å²) in [5, 5.41) is 0. The van der Waals surface area contributed by atoms with Crippen LogP contribution in [0, 0.1) is 11.7 Å². The second-order valence-corrected chi connectivity index (χ2v) is 7.68. The molecule has 0 radical (unpaired) electrons. The fourth-order valence-electron chi connectivity index (χ4n) is 4.03. The van der Waals surface area contributed by atoms with E-state index < -0.39 is 5.79 Å². The van der Waals surface area contributed by atoms with Gasteiger partial charge in [-0.2, -0.15) is 0 Å². The van der Waals surface area contributed by atoms with Gasteiger partial charge in [0.05, 0.1) is 18.9 Å². The Labute approximate surface area is 157 Å². The minimum Gasteiger partial charge on any atom is -0.338 e. The minimum atomic E-state index is -1.31. The lowest BCUT2D eigenvalue weighted by molar-refractivity contribution is -0.256. The quantitative estimate of drug-likeness (QED) is 0.826. The second-order valence-electron chi connectivity index (χ2n) is 7.68. The van der Waals surface area contributed by atoms with Gasteiger partial charge < -0.3 is 14.4 Å². The van der Waals surface area contributed by atoms with E-state index in [-0.39, 0.29) is 11.7 Å². The summed E-state index contributed by atoms with van der Waals surface area (Å²) in [5.74, 6) is -1.07. The van der Waals surface area contributed by atoms with Gasteiger partial charge in [0.15, 0.2) is 0 Å². The van der Waals surface area contributed by atoms with Crippen molar-refractivity contribution in [3.8, 4) is 0 Å². The van der Waals surface area contributed by atoms with E-state index in [2.05, 4.69) is 0 Å². The molecule has 0 aromatic heterocycles. The third-order valence-electron chi connectivity index (χ3n) is 5.57. The molecule has 4 nitrogen and oxygen atoms in total. The summed E-state index contributed by atoms with van der Waals surface area (Å²) in [4.78, 5) is 15.1. The Kier molecular flexibility index (Phi) is 4.02. The molecule has 2 aromatic rings. The van der Waals surface area contributed by atoms with Crippen molar-refractivity contribution in [2.75, 3.05) is 24.7 Å². The van der Waals surface area contributed by atoms with Crippen molar-refractivity contribution < 1.29 is 18.7 Å². The normalized spacial score (nSPS) is 20.9. The van der Waals surface area contributed by atoms with Crippen molar-refractivity contribution in [1.82, 2.24) is 0 Å². The molecule has 1 amide bonds. The number of amides is 1. The van der Waals surface area contributed by atoms with Gasteiger partial charge in [0.25, 0.3) is 11.7 Å². The number of carbonyl (C=O) groups excluding carboxylic acids is 1. The maximum Gasteiger partial charge on any atom is 0.292 e. The van der Waals surface area contributed by atoms with E-state index in [9.17, 15) is 9.18 Å². The van der Waals surface area contributed by atoms with Crippen molar-refractivity contribution in [3.63, 3.8) is 0 Å². The average Bonchev–Trinajstić information content (AvgIpc) is 3.47. The van der Waals surface area contributed by atoms with E-state index in [1.807, 2.05) is 29.2 Å². The monoisotopic (exact) mass is 367 g/mol. The molecule has 140 valence electrons. The molecule has 2 aromatic carbocycles. The SMILES string of the molecule is O=C1N(CC2CC2)c2ccc(Cc3cccc(F)c3)cc2C12OCCCO2. The molecule has 2 aliphatic heterocycles. The van der Waals surface area contributed by atoms with Crippen LogP contribution >= 0.6 is 0 Å². The summed E-state index contributed by atoms with van der Waals surface area (Å²) in [6.07, 6.45) is 3.73. The van der Waals surface area contributed by atoms with Gasteiger partial charge in [0.2, 0.25) is 0 Å². The van der Waals surface area contributed by atoms with Crippen LogP contribution in [0.5, 0.6) is 0 Å². The summed E-state index contributed by atoms with van der Waals surface area (Å²) < 4.78 is 25.4. The zero-order valence-electron chi connectivity index (χ0n) is 15.1. The molecule has 1 saturated heterocycles. The van der Waals surface area contributed by atoms with Crippen LogP contribution in [0.3, 0.4) is 0 Å². The molecule has 5 heteroatoms. The molecule has 2 heterocycles. The molecule has 1 saturated carbocycles. The van der Waals surface area contributed by atoms with Crippen molar-refractivity contribution in [1.29, 1.82) is 0 Å². The van der Waals surface area contributed by atoms with Crippen molar-refractivity contribution in [2.45, 2.75) is 31.5 Å². The minimum absolute atomic E-state index is 0.105. The first-order valence-electron chi connectivity index (χ1n) is 9.63. The third kappa shape index (κ3) is 2.95. The molecule has 27 heavy (non-hydrogen) atoms. The van der Waals surface area contributed by atoms with Crippen LogP contribution in [0.4, 0.5) is 10.1 Å². The number of benzene rings is 2. The lowest BCUT2D eigenvalue weighted by atomic mass is 9.98. The number of hydrogen-bond acceptors (Lipinski definition) is 3. The van der Waals surface area contributed by atoms with E-state index in [0.717, 1.165) is 35.3 Å². The number of ether oxygens (including phenoxy) is 2. The number of nitrogens with zero attached hydrogens (tertiary/aromatic N) is 1. The molecule has 3 aliphatic rings. The van der Waals surface area contributed by atoms with Crippen LogP contribution in [0.2, 0.25) is 0 Å². The van der Waals surface area contributed by atoms with Crippen LogP contribution in [-0.2, 0) is 26.5 Å². The number of carbonyl (C=O) groups is 1. The van der Waals surface area contributed by atoms with Gasteiger partial charge in [-0.3, -0.25) is 4.79 Å². The predicted octanol–water partition coefficient (Wildman–Crippen LogP) is 3.76. The smallest absolute Gasteiger partial charge is 0.292 e. The predicted molar refractivity (Wildman–Crippen MR) is 98.9 cm³/mol. The molecule has 0 atom stereocenters. The summed E-state index contributed by atoms with van der Waals surface area (Å²) in [6.45, 7) is 1.75. The van der Waals surface area contributed by atoms with E-state index in [1.165, 1.54) is 18.9 Å². The zero-order chi connectivity index (χ0) is 18.4. The second kappa shape index (κ2) is 6.43. The largest absolute Gasteiger partial charge is 0.338 e. The molecule has 0 unspecified atom stereocenters. The average molecular weight is 367 g/mol. The first kappa shape index (κ1) is 16.9. The van der Waals surface area contributed by atoms with Gasteiger partial charge in [-0.05, 0) is 67.0 Å². The summed E-state index contributed by atoms with van der Waals surface area (Å²) in [7, 11) is 0. The van der Waals surface area contributed by atoms with E-state index in [4.69, 9.17) is 9.47 Å². The van der Waals surface area contributed by atoms with E-state index in [1.54, 1.807) is 12.1 Å². The summed E-state index contributed by atoms with van der Waals surface area (Å²) >= 11 is 0.